The van der Waals surface area contributed by atoms with E-state index in [9.17, 15) is 4.79 Å². The van der Waals surface area contributed by atoms with Gasteiger partial charge in [0.25, 0.3) is 0 Å². The fourth-order valence-corrected chi connectivity index (χ4v) is 5.90. The highest BCUT2D eigenvalue weighted by atomic mass is 16.5. The molecule has 1 aliphatic carbocycles. The lowest BCUT2D eigenvalue weighted by Gasteiger charge is -2.42. The summed E-state index contributed by atoms with van der Waals surface area (Å²) in [6, 6.07) is 18.0. The number of aliphatic imine (C=N–C) groups is 1. The van der Waals surface area contributed by atoms with Crippen molar-refractivity contribution in [2.24, 2.45) is 10.4 Å². The maximum atomic E-state index is 14.2. The van der Waals surface area contributed by atoms with E-state index < -0.39 is 0 Å². The second-order valence-electron chi connectivity index (χ2n) is 9.36. The third-order valence-corrected chi connectivity index (χ3v) is 7.46. The van der Waals surface area contributed by atoms with Crippen LogP contribution in [0.3, 0.4) is 0 Å². The number of anilines is 1. The van der Waals surface area contributed by atoms with Crippen LogP contribution >= 0.6 is 0 Å². The molecule has 2 aromatic carbocycles. The predicted molar refractivity (Wildman–Crippen MR) is 129 cm³/mol. The van der Waals surface area contributed by atoms with E-state index in [1.54, 1.807) is 7.11 Å². The fourth-order valence-electron chi connectivity index (χ4n) is 5.90. The van der Waals surface area contributed by atoms with Crippen molar-refractivity contribution < 1.29 is 9.53 Å². The number of rotatable bonds is 4. The van der Waals surface area contributed by atoms with Gasteiger partial charge in [-0.1, -0.05) is 43.9 Å². The number of ether oxygens (including phenoxy) is 1. The van der Waals surface area contributed by atoms with E-state index in [4.69, 9.17) is 9.73 Å². The van der Waals surface area contributed by atoms with Crippen molar-refractivity contribution in [3.8, 4) is 5.75 Å². The van der Waals surface area contributed by atoms with E-state index in [1.807, 2.05) is 59.5 Å². The summed E-state index contributed by atoms with van der Waals surface area (Å²) in [7, 11) is 1.67. The first-order valence-corrected chi connectivity index (χ1v) is 12.1. The first kappa shape index (κ1) is 21.2. The third kappa shape index (κ3) is 3.73. The minimum atomic E-state index is -0.364. The van der Waals surface area contributed by atoms with Crippen LogP contribution < -0.4 is 9.64 Å². The maximum absolute atomic E-state index is 14.2. The van der Waals surface area contributed by atoms with Crippen LogP contribution in [-0.2, 0) is 4.79 Å². The molecular weight excluding hydrogens is 398 g/mol. The Morgan fingerprint density at radius 3 is 2.19 bits per heavy atom. The summed E-state index contributed by atoms with van der Waals surface area (Å²) in [6.45, 7) is 2.09. The molecule has 2 heterocycles. The zero-order chi connectivity index (χ0) is 22.0. The van der Waals surface area contributed by atoms with Gasteiger partial charge in [-0.15, -0.1) is 0 Å². The van der Waals surface area contributed by atoms with Crippen LogP contribution in [0.4, 0.5) is 11.4 Å². The molecule has 5 heteroatoms. The third-order valence-electron chi connectivity index (χ3n) is 7.46. The van der Waals surface area contributed by atoms with Crippen molar-refractivity contribution in [1.29, 1.82) is 0 Å². The number of benzene rings is 2. The molecule has 5 nitrogen and oxygen atoms in total. The molecule has 2 saturated heterocycles. The van der Waals surface area contributed by atoms with Crippen LogP contribution in [0.1, 0.15) is 51.4 Å². The van der Waals surface area contributed by atoms with Gasteiger partial charge in [0.1, 0.15) is 11.6 Å². The minimum Gasteiger partial charge on any atom is -0.497 e. The molecule has 0 unspecified atom stereocenters. The summed E-state index contributed by atoms with van der Waals surface area (Å²) >= 11 is 0. The van der Waals surface area contributed by atoms with E-state index >= 15 is 0 Å². The van der Waals surface area contributed by atoms with E-state index in [1.165, 1.54) is 25.7 Å². The molecule has 5 rings (SSSR count). The number of amides is 1. The van der Waals surface area contributed by atoms with Gasteiger partial charge < -0.3 is 4.74 Å². The summed E-state index contributed by atoms with van der Waals surface area (Å²) < 4.78 is 5.33. The first-order chi connectivity index (χ1) is 15.7. The molecule has 1 spiro atoms. The molecule has 0 bridgehead atoms. The smallest absolute Gasteiger partial charge is 0.240 e. The molecule has 2 aromatic rings. The number of piperidine rings is 1. The van der Waals surface area contributed by atoms with Gasteiger partial charge in [-0.2, -0.15) is 0 Å². The quantitative estimate of drug-likeness (QED) is 0.635. The van der Waals surface area contributed by atoms with Crippen molar-refractivity contribution in [2.45, 2.75) is 57.4 Å². The van der Waals surface area contributed by atoms with Gasteiger partial charge in [0.15, 0.2) is 0 Å². The van der Waals surface area contributed by atoms with Gasteiger partial charge in [-0.3, -0.25) is 14.6 Å². The van der Waals surface area contributed by atoms with Gasteiger partial charge in [-0.25, -0.2) is 4.99 Å². The Bertz CT molecular complexity index is 958. The number of carbonyl (C=O) groups excluding carboxylic acids is 1. The van der Waals surface area contributed by atoms with Gasteiger partial charge in [0, 0.05) is 0 Å². The molecule has 0 aromatic heterocycles. The summed E-state index contributed by atoms with van der Waals surface area (Å²) in [6.07, 6.45) is 9.04. The Balaban J connectivity index is 1.66. The topological polar surface area (TPSA) is 45.1 Å². The Kier molecular flexibility index (Phi) is 6.01. The average molecular weight is 432 g/mol. The van der Waals surface area contributed by atoms with Crippen LogP contribution in [-0.4, -0.2) is 42.9 Å². The lowest BCUT2D eigenvalue weighted by atomic mass is 9.69. The van der Waals surface area contributed by atoms with Crippen molar-refractivity contribution in [2.75, 3.05) is 25.1 Å². The molecule has 32 heavy (non-hydrogen) atoms. The number of amidine groups is 1. The Morgan fingerprint density at radius 1 is 0.875 bits per heavy atom. The normalized spacial score (nSPS) is 24.9. The number of nitrogens with zero attached hydrogens (tertiary/aromatic N) is 3. The van der Waals surface area contributed by atoms with Crippen molar-refractivity contribution in [1.82, 2.24) is 4.90 Å². The van der Waals surface area contributed by atoms with Crippen molar-refractivity contribution >= 4 is 23.1 Å². The number of para-hydroxylation sites is 1. The van der Waals surface area contributed by atoms with Gasteiger partial charge >= 0.3 is 0 Å². The minimum absolute atomic E-state index is 0.0397. The van der Waals surface area contributed by atoms with Crippen LogP contribution in [0.25, 0.3) is 0 Å². The van der Waals surface area contributed by atoms with Crippen molar-refractivity contribution in [3.05, 3.63) is 54.6 Å². The van der Waals surface area contributed by atoms with E-state index in [0.717, 1.165) is 61.7 Å². The van der Waals surface area contributed by atoms with Crippen molar-refractivity contribution in [3.63, 3.8) is 0 Å². The Hall–Kier alpha value is -2.66. The number of hydrogen-bond donors (Lipinski definition) is 0. The molecule has 168 valence electrons. The highest BCUT2D eigenvalue weighted by Gasteiger charge is 2.60. The second-order valence-corrected chi connectivity index (χ2v) is 9.36. The predicted octanol–water partition coefficient (Wildman–Crippen LogP) is 5.58. The molecule has 3 fully saturated rings. The summed E-state index contributed by atoms with van der Waals surface area (Å²) in [4.78, 5) is 23.9. The molecule has 0 N–H and O–H groups in total. The van der Waals surface area contributed by atoms with Crippen LogP contribution in [0, 0.1) is 5.41 Å². The molecule has 2 aliphatic heterocycles. The van der Waals surface area contributed by atoms with Crippen LogP contribution in [0.5, 0.6) is 5.75 Å². The maximum Gasteiger partial charge on any atom is 0.240 e. The molecule has 1 atom stereocenters. The zero-order valence-corrected chi connectivity index (χ0v) is 19.0. The molecular formula is C27H33N3O2. The monoisotopic (exact) mass is 431 g/mol. The second kappa shape index (κ2) is 9.07. The van der Waals surface area contributed by atoms with Gasteiger partial charge in [0.2, 0.25) is 5.91 Å². The number of hydrogen-bond acceptors (Lipinski definition) is 4. The van der Waals surface area contributed by atoms with Crippen LogP contribution in [0.15, 0.2) is 59.6 Å². The highest BCUT2D eigenvalue weighted by molar-refractivity contribution is 6.27. The Morgan fingerprint density at radius 2 is 1.53 bits per heavy atom. The standard InChI is InChI=1S/C27H33N3O2/c1-32-23-15-13-21(14-16-23)28-25-24(29-19-9-4-10-20-29)27(17-7-3-8-18-27)26(31)30(25)22-11-5-2-6-12-22/h2,5-6,11-16,24H,3-4,7-10,17-20H2,1H3/t24-/m0/s1. The lowest BCUT2D eigenvalue weighted by molar-refractivity contribution is -0.130. The summed E-state index contributed by atoms with van der Waals surface area (Å²) in [5.41, 5.74) is 1.43. The first-order valence-electron chi connectivity index (χ1n) is 12.1. The zero-order valence-electron chi connectivity index (χ0n) is 19.0. The lowest BCUT2D eigenvalue weighted by Crippen LogP contribution is -2.52. The molecule has 0 radical (unpaired) electrons. The van der Waals surface area contributed by atoms with Gasteiger partial charge in [-0.05, 0) is 75.2 Å². The fraction of sp³-hybridized carbons (Fsp3) is 0.481. The average Bonchev–Trinajstić information content (AvgIpc) is 3.08. The van der Waals surface area contributed by atoms with Gasteiger partial charge in [0.05, 0.1) is 29.9 Å². The van der Waals surface area contributed by atoms with E-state index in [2.05, 4.69) is 4.90 Å². The molecule has 1 amide bonds. The number of likely N-dealkylation sites (tertiary alicyclic amines) is 1. The number of methoxy groups -OCH3 is 1. The number of carbonyl (C=O) groups is 1. The molecule has 3 aliphatic rings. The summed E-state index contributed by atoms with van der Waals surface area (Å²) in [5.74, 6) is 1.95. The van der Waals surface area contributed by atoms with E-state index in [0.29, 0.717) is 0 Å². The van der Waals surface area contributed by atoms with E-state index in [-0.39, 0.29) is 17.4 Å². The highest BCUT2D eigenvalue weighted by Crippen LogP contribution is 2.50. The molecule has 1 saturated carbocycles. The Labute approximate surface area is 191 Å². The largest absolute Gasteiger partial charge is 0.497 e. The van der Waals surface area contributed by atoms with Crippen LogP contribution in [0.2, 0.25) is 0 Å². The summed E-state index contributed by atoms with van der Waals surface area (Å²) in [5, 5.41) is 0. The SMILES string of the molecule is COc1ccc(N=C2[C@H](N3CCCCC3)C3(CCCCC3)C(=O)N2c2ccccc2)cc1.